The minimum Gasteiger partial charge on any atom is -0.487 e. The normalized spacial score (nSPS) is 19.5. The molecule has 2 N–H and O–H groups in total. The van der Waals surface area contributed by atoms with Gasteiger partial charge in [0.2, 0.25) is 0 Å². The number of carboxylic acids is 1. The Morgan fingerprint density at radius 3 is 2.73 bits per heavy atom. The third kappa shape index (κ3) is 4.34. The second kappa shape index (κ2) is 8.52. The maximum absolute atomic E-state index is 13.8. The molecule has 0 aromatic heterocycles. The van der Waals surface area contributed by atoms with Gasteiger partial charge in [-0.15, -0.1) is 0 Å². The molecule has 4 nitrogen and oxygen atoms in total. The molecule has 3 rings (SSSR count). The molecular formula is C20H21ClFNO3. The van der Waals surface area contributed by atoms with Crippen molar-refractivity contribution in [1.82, 2.24) is 5.32 Å². The smallest absolute Gasteiger partial charge is 0.308 e. The molecule has 1 saturated carbocycles. The fourth-order valence-corrected chi connectivity index (χ4v) is 3.61. The van der Waals surface area contributed by atoms with Gasteiger partial charge in [-0.2, -0.15) is 0 Å². The van der Waals surface area contributed by atoms with Crippen molar-refractivity contribution < 1.29 is 19.0 Å². The molecule has 2 atom stereocenters. The second-order valence-corrected chi connectivity index (χ2v) is 6.88. The highest BCUT2D eigenvalue weighted by Gasteiger charge is 2.32. The largest absolute Gasteiger partial charge is 0.487 e. The number of rotatable bonds is 7. The van der Waals surface area contributed by atoms with E-state index in [2.05, 4.69) is 5.32 Å². The van der Waals surface area contributed by atoms with E-state index in [1.165, 1.54) is 6.07 Å². The average Bonchev–Trinajstić information content (AvgIpc) is 3.09. The minimum atomic E-state index is -0.762. The van der Waals surface area contributed by atoms with Crippen LogP contribution < -0.4 is 10.1 Å². The lowest BCUT2D eigenvalue weighted by Gasteiger charge is -2.19. The Morgan fingerprint density at radius 2 is 1.96 bits per heavy atom. The van der Waals surface area contributed by atoms with Gasteiger partial charge in [-0.3, -0.25) is 4.79 Å². The Bertz CT molecular complexity index is 783. The van der Waals surface area contributed by atoms with Gasteiger partial charge in [0, 0.05) is 23.7 Å². The molecule has 0 radical (unpaired) electrons. The van der Waals surface area contributed by atoms with Gasteiger partial charge in [0.1, 0.15) is 18.2 Å². The van der Waals surface area contributed by atoms with Crippen LogP contribution in [0.25, 0.3) is 0 Å². The van der Waals surface area contributed by atoms with Crippen LogP contribution in [0.1, 0.15) is 30.4 Å². The predicted molar refractivity (Wildman–Crippen MR) is 97.8 cm³/mol. The lowest BCUT2D eigenvalue weighted by atomic mass is 10.0. The van der Waals surface area contributed by atoms with E-state index >= 15 is 0 Å². The molecule has 26 heavy (non-hydrogen) atoms. The van der Waals surface area contributed by atoms with E-state index in [1.54, 1.807) is 24.3 Å². The summed E-state index contributed by atoms with van der Waals surface area (Å²) < 4.78 is 19.6. The molecule has 0 bridgehead atoms. The zero-order chi connectivity index (χ0) is 18.5. The molecule has 2 aromatic rings. The second-order valence-electron chi connectivity index (χ2n) is 6.47. The molecule has 0 saturated heterocycles. The first kappa shape index (κ1) is 18.7. The number of carbonyl (C=O) groups is 1. The number of benzene rings is 2. The fraction of sp³-hybridized carbons (Fsp3) is 0.350. The van der Waals surface area contributed by atoms with Crippen molar-refractivity contribution in [2.45, 2.75) is 38.5 Å². The van der Waals surface area contributed by atoms with Crippen LogP contribution in [0.15, 0.2) is 42.5 Å². The summed E-state index contributed by atoms with van der Waals surface area (Å²) in [6, 6.07) is 11.8. The monoisotopic (exact) mass is 377 g/mol. The molecule has 2 aromatic carbocycles. The lowest BCUT2D eigenvalue weighted by Crippen LogP contribution is -2.35. The van der Waals surface area contributed by atoms with E-state index in [-0.39, 0.29) is 24.4 Å². The molecular weight excluding hydrogens is 357 g/mol. The summed E-state index contributed by atoms with van der Waals surface area (Å²) in [6.07, 6.45) is 2.43. The highest BCUT2D eigenvalue weighted by Crippen LogP contribution is 2.31. The first-order valence-electron chi connectivity index (χ1n) is 8.66. The Morgan fingerprint density at radius 1 is 1.19 bits per heavy atom. The topological polar surface area (TPSA) is 58.6 Å². The quantitative estimate of drug-likeness (QED) is 0.750. The maximum Gasteiger partial charge on any atom is 0.308 e. The van der Waals surface area contributed by atoms with Gasteiger partial charge in [-0.1, -0.05) is 48.4 Å². The number of nitrogens with one attached hydrogen (secondary N) is 1. The SMILES string of the molecule is O=C(O)C1CCCC1NCc1cccc(Cl)c1OCc1ccccc1F. The average molecular weight is 378 g/mol. The first-order chi connectivity index (χ1) is 12.6. The summed E-state index contributed by atoms with van der Waals surface area (Å²) in [7, 11) is 0. The summed E-state index contributed by atoms with van der Waals surface area (Å²) in [6.45, 7) is 0.520. The molecule has 0 spiro atoms. The summed E-state index contributed by atoms with van der Waals surface area (Å²) >= 11 is 6.27. The van der Waals surface area contributed by atoms with Gasteiger partial charge in [0.25, 0.3) is 0 Å². The van der Waals surface area contributed by atoms with Crippen molar-refractivity contribution in [3.63, 3.8) is 0 Å². The van der Waals surface area contributed by atoms with Crippen LogP contribution in [-0.2, 0) is 17.9 Å². The van der Waals surface area contributed by atoms with Crippen molar-refractivity contribution in [1.29, 1.82) is 0 Å². The van der Waals surface area contributed by atoms with Crippen LogP contribution >= 0.6 is 11.6 Å². The van der Waals surface area contributed by atoms with E-state index < -0.39 is 5.97 Å². The summed E-state index contributed by atoms with van der Waals surface area (Å²) in [5.41, 5.74) is 1.28. The number of para-hydroxylation sites is 1. The molecule has 1 aliphatic rings. The van der Waals surface area contributed by atoms with Gasteiger partial charge in [0.15, 0.2) is 0 Å². The Labute approximate surface area is 156 Å². The minimum absolute atomic E-state index is 0.0640. The van der Waals surface area contributed by atoms with E-state index in [1.807, 2.05) is 12.1 Å². The highest BCUT2D eigenvalue weighted by atomic mass is 35.5. The molecule has 2 unspecified atom stereocenters. The lowest BCUT2D eigenvalue weighted by molar-refractivity contribution is -0.142. The maximum atomic E-state index is 13.8. The van der Waals surface area contributed by atoms with E-state index in [0.717, 1.165) is 18.4 Å². The van der Waals surface area contributed by atoms with Crippen molar-refractivity contribution in [2.75, 3.05) is 0 Å². The van der Waals surface area contributed by atoms with Crippen LogP contribution in [-0.4, -0.2) is 17.1 Å². The number of hydrogen-bond acceptors (Lipinski definition) is 3. The summed E-state index contributed by atoms with van der Waals surface area (Å²) in [5, 5.41) is 13.1. The van der Waals surface area contributed by atoms with Crippen molar-refractivity contribution in [2.24, 2.45) is 5.92 Å². The first-order valence-corrected chi connectivity index (χ1v) is 9.04. The molecule has 6 heteroatoms. The van der Waals surface area contributed by atoms with Gasteiger partial charge in [-0.05, 0) is 25.0 Å². The van der Waals surface area contributed by atoms with Crippen LogP contribution in [0, 0.1) is 11.7 Å². The molecule has 0 amide bonds. The Hall–Kier alpha value is -2.11. The van der Waals surface area contributed by atoms with Gasteiger partial charge >= 0.3 is 5.97 Å². The highest BCUT2D eigenvalue weighted by molar-refractivity contribution is 6.32. The number of hydrogen-bond donors (Lipinski definition) is 2. The van der Waals surface area contributed by atoms with Gasteiger partial charge in [-0.25, -0.2) is 4.39 Å². The third-order valence-electron chi connectivity index (χ3n) is 4.77. The molecule has 0 heterocycles. The number of aliphatic carboxylic acids is 1. The van der Waals surface area contributed by atoms with Crippen LogP contribution in [0.4, 0.5) is 4.39 Å². The van der Waals surface area contributed by atoms with Gasteiger partial charge < -0.3 is 15.2 Å². The predicted octanol–water partition coefficient (Wildman–Crippen LogP) is 4.40. The Balaban J connectivity index is 1.69. The number of carboxylic acid groups (broad SMARTS) is 1. The molecule has 138 valence electrons. The molecule has 1 aliphatic carbocycles. The van der Waals surface area contributed by atoms with Gasteiger partial charge in [0.05, 0.1) is 10.9 Å². The summed E-state index contributed by atoms with van der Waals surface area (Å²) in [4.78, 5) is 11.3. The van der Waals surface area contributed by atoms with E-state index in [4.69, 9.17) is 16.3 Å². The zero-order valence-electron chi connectivity index (χ0n) is 14.3. The van der Waals surface area contributed by atoms with Crippen LogP contribution in [0.5, 0.6) is 5.75 Å². The third-order valence-corrected chi connectivity index (χ3v) is 5.06. The van der Waals surface area contributed by atoms with Crippen LogP contribution in [0.3, 0.4) is 0 Å². The van der Waals surface area contributed by atoms with Crippen molar-refractivity contribution >= 4 is 17.6 Å². The van der Waals surface area contributed by atoms with Crippen molar-refractivity contribution in [3.8, 4) is 5.75 Å². The van der Waals surface area contributed by atoms with Crippen molar-refractivity contribution in [3.05, 3.63) is 64.4 Å². The summed E-state index contributed by atoms with van der Waals surface area (Å²) in [5.74, 6) is -0.955. The Kier molecular flexibility index (Phi) is 6.12. The molecule has 0 aliphatic heterocycles. The van der Waals surface area contributed by atoms with E-state index in [0.29, 0.717) is 29.3 Å². The number of halogens is 2. The van der Waals surface area contributed by atoms with E-state index in [9.17, 15) is 14.3 Å². The molecule has 1 fully saturated rings. The number of ether oxygens (including phenoxy) is 1. The zero-order valence-corrected chi connectivity index (χ0v) is 15.0. The fourth-order valence-electron chi connectivity index (χ4n) is 3.36. The standard InChI is InChI=1S/C20H21ClFNO3/c21-16-8-3-6-13(11-23-18-10-4-7-15(18)20(24)25)19(16)26-12-14-5-1-2-9-17(14)22/h1-3,5-6,8-9,15,18,23H,4,7,10-12H2,(H,24,25). The van der Waals surface area contributed by atoms with Crippen LogP contribution in [0.2, 0.25) is 5.02 Å².